The van der Waals surface area contributed by atoms with Gasteiger partial charge in [0.25, 0.3) is 5.91 Å². The van der Waals surface area contributed by atoms with Gasteiger partial charge in [-0.15, -0.1) is 0 Å². The Morgan fingerprint density at radius 3 is 2.57 bits per heavy atom. The van der Waals surface area contributed by atoms with E-state index in [1.807, 2.05) is 37.8 Å². The molecule has 0 radical (unpaired) electrons. The van der Waals surface area contributed by atoms with E-state index in [1.54, 1.807) is 0 Å². The van der Waals surface area contributed by atoms with Gasteiger partial charge in [-0.3, -0.25) is 4.79 Å². The second-order valence-electron chi connectivity index (χ2n) is 6.07. The fourth-order valence-electron chi connectivity index (χ4n) is 3.18. The van der Waals surface area contributed by atoms with Gasteiger partial charge in [0.05, 0.1) is 23.3 Å². The zero-order valence-electron chi connectivity index (χ0n) is 13.1. The Kier molecular flexibility index (Phi) is 3.49. The van der Waals surface area contributed by atoms with Crippen molar-refractivity contribution in [1.82, 2.24) is 9.88 Å². The highest BCUT2D eigenvalue weighted by Crippen LogP contribution is 2.26. The molecule has 4 nitrogen and oxygen atoms in total. The highest BCUT2D eigenvalue weighted by Gasteiger charge is 2.27. The summed E-state index contributed by atoms with van der Waals surface area (Å²) in [6, 6.07) is 5.93. The molecule has 1 saturated heterocycles. The lowest BCUT2D eigenvalue weighted by Crippen LogP contribution is -2.48. The minimum atomic E-state index is 0.0869. The largest absolute Gasteiger partial charge is 0.372 e. The number of nitrogens with one attached hydrogen (secondary N) is 1. The minimum Gasteiger partial charge on any atom is -0.372 e. The van der Waals surface area contributed by atoms with Crippen molar-refractivity contribution in [2.24, 2.45) is 0 Å². The number of nitrogens with zero attached hydrogens (tertiary/aromatic N) is 1. The van der Waals surface area contributed by atoms with E-state index in [4.69, 9.17) is 4.74 Å². The molecule has 1 N–H and O–H groups in total. The standard InChI is InChI=1S/C17H22N2O2/c1-10-8-19(9-11(2)21-10)17(20)15-7-5-6-14-12(3)13(4)18-16(14)15/h5-7,10-11,18H,8-9H2,1-4H3. The number of ether oxygens (including phenoxy) is 1. The molecule has 1 aromatic carbocycles. The third-order valence-corrected chi connectivity index (χ3v) is 4.28. The van der Waals surface area contributed by atoms with Crippen LogP contribution in [0.5, 0.6) is 0 Å². The smallest absolute Gasteiger partial charge is 0.256 e. The number of amides is 1. The molecule has 1 fully saturated rings. The third kappa shape index (κ3) is 2.44. The number of aromatic nitrogens is 1. The average molecular weight is 286 g/mol. The van der Waals surface area contributed by atoms with Gasteiger partial charge < -0.3 is 14.6 Å². The van der Waals surface area contributed by atoms with E-state index in [2.05, 4.69) is 18.0 Å². The van der Waals surface area contributed by atoms with Crippen molar-refractivity contribution in [3.8, 4) is 0 Å². The molecule has 1 aliphatic heterocycles. The van der Waals surface area contributed by atoms with Crippen LogP contribution in [0.25, 0.3) is 10.9 Å². The number of carbonyl (C=O) groups is 1. The molecule has 1 amide bonds. The molecule has 3 rings (SSSR count). The van der Waals surface area contributed by atoms with Crippen molar-refractivity contribution >= 4 is 16.8 Å². The van der Waals surface area contributed by atoms with Crippen molar-refractivity contribution in [3.63, 3.8) is 0 Å². The summed E-state index contributed by atoms with van der Waals surface area (Å²) in [5, 5.41) is 1.13. The molecule has 2 atom stereocenters. The number of H-pyrrole nitrogens is 1. The van der Waals surface area contributed by atoms with Crippen molar-refractivity contribution < 1.29 is 9.53 Å². The Labute approximate surface area is 125 Å². The summed E-state index contributed by atoms with van der Waals surface area (Å²) in [6.45, 7) is 9.46. The Morgan fingerprint density at radius 1 is 1.24 bits per heavy atom. The minimum absolute atomic E-state index is 0.0869. The first-order valence-corrected chi connectivity index (χ1v) is 7.50. The monoisotopic (exact) mass is 286 g/mol. The van der Waals surface area contributed by atoms with Crippen molar-refractivity contribution in [2.75, 3.05) is 13.1 Å². The summed E-state index contributed by atoms with van der Waals surface area (Å²) >= 11 is 0. The molecule has 0 bridgehead atoms. The van der Waals surface area contributed by atoms with Crippen LogP contribution in [0.1, 0.15) is 35.5 Å². The summed E-state index contributed by atoms with van der Waals surface area (Å²) in [5.41, 5.74) is 4.03. The van der Waals surface area contributed by atoms with Gasteiger partial charge in [-0.2, -0.15) is 0 Å². The third-order valence-electron chi connectivity index (χ3n) is 4.28. The van der Waals surface area contributed by atoms with Gasteiger partial charge in [0.2, 0.25) is 0 Å². The predicted octanol–water partition coefficient (Wildman–Crippen LogP) is 3.03. The zero-order valence-corrected chi connectivity index (χ0v) is 13.1. The zero-order chi connectivity index (χ0) is 15.1. The summed E-state index contributed by atoms with van der Waals surface area (Å²) in [7, 11) is 0. The predicted molar refractivity (Wildman–Crippen MR) is 83.7 cm³/mol. The molecule has 1 aromatic heterocycles. The quantitative estimate of drug-likeness (QED) is 0.876. The number of aromatic amines is 1. The first kappa shape index (κ1) is 14.1. The lowest BCUT2D eigenvalue weighted by atomic mass is 10.1. The van der Waals surface area contributed by atoms with Gasteiger partial charge >= 0.3 is 0 Å². The van der Waals surface area contributed by atoms with Crippen LogP contribution in [0.2, 0.25) is 0 Å². The molecule has 0 aliphatic carbocycles. The highest BCUT2D eigenvalue weighted by atomic mass is 16.5. The van der Waals surface area contributed by atoms with E-state index in [-0.39, 0.29) is 18.1 Å². The second kappa shape index (κ2) is 5.19. The number of morpholine rings is 1. The molecule has 4 heteroatoms. The Balaban J connectivity index is 2.00. The molecule has 0 spiro atoms. The van der Waals surface area contributed by atoms with Gasteiger partial charge in [-0.25, -0.2) is 0 Å². The van der Waals surface area contributed by atoms with Crippen LogP contribution in [0, 0.1) is 13.8 Å². The van der Waals surface area contributed by atoms with E-state index < -0.39 is 0 Å². The van der Waals surface area contributed by atoms with Gasteiger partial charge in [0, 0.05) is 24.2 Å². The molecule has 2 aromatic rings. The summed E-state index contributed by atoms with van der Waals surface area (Å²) in [6.07, 6.45) is 0.174. The van der Waals surface area contributed by atoms with E-state index >= 15 is 0 Å². The fraction of sp³-hybridized carbons (Fsp3) is 0.471. The first-order valence-electron chi connectivity index (χ1n) is 7.50. The molecule has 2 heterocycles. The molecular formula is C17H22N2O2. The number of rotatable bonds is 1. The first-order chi connectivity index (χ1) is 9.97. The van der Waals surface area contributed by atoms with E-state index in [0.717, 1.165) is 22.2 Å². The van der Waals surface area contributed by atoms with Crippen LogP contribution in [0.4, 0.5) is 0 Å². The molecular weight excluding hydrogens is 264 g/mol. The van der Waals surface area contributed by atoms with Crippen molar-refractivity contribution in [1.29, 1.82) is 0 Å². The van der Waals surface area contributed by atoms with Gasteiger partial charge in [-0.1, -0.05) is 12.1 Å². The van der Waals surface area contributed by atoms with Crippen LogP contribution in [-0.2, 0) is 4.74 Å². The maximum absolute atomic E-state index is 12.9. The van der Waals surface area contributed by atoms with Gasteiger partial charge in [0.15, 0.2) is 0 Å². The molecule has 0 saturated carbocycles. The second-order valence-corrected chi connectivity index (χ2v) is 6.07. The fourth-order valence-corrected chi connectivity index (χ4v) is 3.18. The molecule has 21 heavy (non-hydrogen) atoms. The van der Waals surface area contributed by atoms with Crippen molar-refractivity contribution in [3.05, 3.63) is 35.0 Å². The Bertz CT molecular complexity index is 679. The number of para-hydroxylation sites is 1. The summed E-state index contributed by atoms with van der Waals surface area (Å²) in [5.74, 6) is 0.0869. The normalized spacial score (nSPS) is 22.8. The number of fused-ring (bicyclic) bond motifs is 1. The lowest BCUT2D eigenvalue weighted by Gasteiger charge is -2.35. The number of hydrogen-bond donors (Lipinski definition) is 1. The van der Waals surface area contributed by atoms with E-state index in [0.29, 0.717) is 13.1 Å². The number of carbonyl (C=O) groups excluding carboxylic acids is 1. The number of benzene rings is 1. The Hall–Kier alpha value is -1.81. The van der Waals surface area contributed by atoms with Crippen molar-refractivity contribution in [2.45, 2.75) is 39.9 Å². The molecule has 112 valence electrons. The summed E-state index contributed by atoms with van der Waals surface area (Å²) in [4.78, 5) is 18.1. The average Bonchev–Trinajstić information content (AvgIpc) is 2.73. The maximum atomic E-state index is 12.9. The summed E-state index contributed by atoms with van der Waals surface area (Å²) < 4.78 is 5.71. The Morgan fingerprint density at radius 2 is 1.90 bits per heavy atom. The van der Waals surface area contributed by atoms with Crippen LogP contribution in [0.3, 0.4) is 0 Å². The SMILES string of the molecule is Cc1[nH]c2c(C(=O)N3CC(C)OC(C)C3)cccc2c1C. The molecule has 1 aliphatic rings. The van der Waals surface area contributed by atoms with Crippen LogP contribution in [0.15, 0.2) is 18.2 Å². The lowest BCUT2D eigenvalue weighted by molar-refractivity contribution is -0.0585. The van der Waals surface area contributed by atoms with Crippen LogP contribution < -0.4 is 0 Å². The van der Waals surface area contributed by atoms with Crippen LogP contribution in [-0.4, -0.2) is 41.1 Å². The number of hydrogen-bond acceptors (Lipinski definition) is 2. The van der Waals surface area contributed by atoms with Crippen LogP contribution >= 0.6 is 0 Å². The number of aryl methyl sites for hydroxylation is 2. The van der Waals surface area contributed by atoms with Gasteiger partial charge in [0.1, 0.15) is 0 Å². The maximum Gasteiger partial charge on any atom is 0.256 e. The topological polar surface area (TPSA) is 45.3 Å². The molecule has 2 unspecified atom stereocenters. The van der Waals surface area contributed by atoms with Gasteiger partial charge in [-0.05, 0) is 39.3 Å². The van der Waals surface area contributed by atoms with E-state index in [1.165, 1.54) is 5.56 Å². The van der Waals surface area contributed by atoms with E-state index in [9.17, 15) is 4.79 Å². The highest BCUT2D eigenvalue weighted by molar-refractivity contribution is 6.06.